The van der Waals surface area contributed by atoms with Crippen LogP contribution in [0.15, 0.2) is 6.07 Å². The van der Waals surface area contributed by atoms with Gasteiger partial charge in [0, 0.05) is 0 Å². The number of rotatable bonds is 3. The van der Waals surface area contributed by atoms with Gasteiger partial charge in [-0.3, -0.25) is 0 Å². The zero-order chi connectivity index (χ0) is 13.0. The number of carbonyl (C=O) groups excluding carboxylic acids is 1. The minimum absolute atomic E-state index is 0.0400. The molecule has 0 fully saturated rings. The molecule has 0 aliphatic heterocycles. The van der Waals surface area contributed by atoms with E-state index in [2.05, 4.69) is 9.72 Å². The zero-order valence-corrected chi connectivity index (χ0v) is 10.9. The van der Waals surface area contributed by atoms with Crippen LogP contribution in [0.1, 0.15) is 35.0 Å². The van der Waals surface area contributed by atoms with Crippen molar-refractivity contribution >= 4 is 28.6 Å². The van der Waals surface area contributed by atoms with Crippen molar-refractivity contribution in [1.29, 1.82) is 5.26 Å². The van der Waals surface area contributed by atoms with Crippen LogP contribution in [0.25, 0.3) is 0 Å². The van der Waals surface area contributed by atoms with E-state index in [-0.39, 0.29) is 15.9 Å². The lowest BCUT2D eigenvalue weighted by molar-refractivity contribution is 0.0513. The highest BCUT2D eigenvalue weighted by molar-refractivity contribution is 14.1. The maximum absolute atomic E-state index is 12.7. The van der Waals surface area contributed by atoms with Gasteiger partial charge in [0.15, 0.2) is 0 Å². The number of pyridine rings is 1. The molecule has 90 valence electrons. The molecule has 0 aliphatic carbocycles. The van der Waals surface area contributed by atoms with Gasteiger partial charge in [0.1, 0.15) is 21.0 Å². The van der Waals surface area contributed by atoms with Crippen molar-refractivity contribution in [1.82, 2.24) is 4.98 Å². The number of halogens is 3. The predicted octanol–water partition coefficient (Wildman–Crippen LogP) is 2.67. The third-order valence-electron chi connectivity index (χ3n) is 1.82. The highest BCUT2D eigenvalue weighted by Crippen LogP contribution is 2.25. The number of aromatic nitrogens is 1. The second kappa shape index (κ2) is 5.86. The summed E-state index contributed by atoms with van der Waals surface area (Å²) in [6, 6.07) is 2.95. The summed E-state index contributed by atoms with van der Waals surface area (Å²) in [5, 5.41) is 8.83. The third kappa shape index (κ3) is 3.09. The van der Waals surface area contributed by atoms with E-state index in [9.17, 15) is 13.6 Å². The molecule has 0 aromatic carbocycles. The average Bonchev–Trinajstić information content (AvgIpc) is 2.27. The van der Waals surface area contributed by atoms with Crippen molar-refractivity contribution < 1.29 is 18.3 Å². The Morgan fingerprint density at radius 2 is 2.35 bits per heavy atom. The number of nitriles is 1. The summed E-state index contributed by atoms with van der Waals surface area (Å²) in [4.78, 5) is 15.1. The molecule has 0 radical (unpaired) electrons. The first kappa shape index (κ1) is 13.8. The SMILES string of the molecule is CCOC(=O)c1c(C#N)cc(I)nc1C(F)F. The van der Waals surface area contributed by atoms with Gasteiger partial charge in [0.25, 0.3) is 6.43 Å². The van der Waals surface area contributed by atoms with Gasteiger partial charge in [-0.2, -0.15) is 5.26 Å². The molecule has 0 amide bonds. The Balaban J connectivity index is 3.43. The lowest BCUT2D eigenvalue weighted by atomic mass is 10.1. The fourth-order valence-corrected chi connectivity index (χ4v) is 1.77. The maximum Gasteiger partial charge on any atom is 0.341 e. The topological polar surface area (TPSA) is 63.0 Å². The first-order chi connectivity index (χ1) is 8.01. The molecule has 1 aromatic heterocycles. The standard InChI is InChI=1S/C10H7F2IN2O2/c1-2-17-10(16)7-5(4-14)3-6(13)15-8(7)9(11)12/h3,9H,2H2,1H3. The van der Waals surface area contributed by atoms with Crippen molar-refractivity contribution in [2.45, 2.75) is 13.3 Å². The Bertz CT molecular complexity index is 486. The van der Waals surface area contributed by atoms with Gasteiger partial charge in [0.05, 0.1) is 12.2 Å². The molecule has 17 heavy (non-hydrogen) atoms. The Hall–Kier alpha value is -1.30. The molecular weight excluding hydrogens is 345 g/mol. The van der Waals surface area contributed by atoms with Crippen LogP contribution in [0.5, 0.6) is 0 Å². The number of ether oxygens (including phenoxy) is 1. The van der Waals surface area contributed by atoms with E-state index in [4.69, 9.17) is 5.26 Å². The minimum Gasteiger partial charge on any atom is -0.462 e. The number of esters is 1. The van der Waals surface area contributed by atoms with Crippen molar-refractivity contribution in [3.63, 3.8) is 0 Å². The van der Waals surface area contributed by atoms with E-state index in [0.29, 0.717) is 0 Å². The second-order valence-electron chi connectivity index (χ2n) is 2.89. The number of nitrogens with zero attached hydrogens (tertiary/aromatic N) is 2. The van der Waals surface area contributed by atoms with Crippen LogP contribution in [0.4, 0.5) is 8.78 Å². The van der Waals surface area contributed by atoms with Crippen LogP contribution in [-0.2, 0) is 4.74 Å². The van der Waals surface area contributed by atoms with Gasteiger partial charge in [0.2, 0.25) is 0 Å². The lowest BCUT2D eigenvalue weighted by Gasteiger charge is -2.09. The highest BCUT2D eigenvalue weighted by atomic mass is 127. The summed E-state index contributed by atoms with van der Waals surface area (Å²) >= 11 is 1.70. The quantitative estimate of drug-likeness (QED) is 0.477. The van der Waals surface area contributed by atoms with Crippen LogP contribution >= 0.6 is 22.6 Å². The van der Waals surface area contributed by atoms with E-state index in [1.165, 1.54) is 6.07 Å². The Morgan fingerprint density at radius 3 is 2.82 bits per heavy atom. The summed E-state index contributed by atoms with van der Waals surface area (Å²) in [6.45, 7) is 1.59. The highest BCUT2D eigenvalue weighted by Gasteiger charge is 2.25. The van der Waals surface area contributed by atoms with E-state index in [0.717, 1.165) is 0 Å². The molecule has 4 nitrogen and oxygen atoms in total. The van der Waals surface area contributed by atoms with E-state index in [1.54, 1.807) is 35.6 Å². The molecule has 7 heteroatoms. The normalized spacial score (nSPS) is 10.1. The Labute approximate surface area is 110 Å². The Morgan fingerprint density at radius 1 is 1.71 bits per heavy atom. The van der Waals surface area contributed by atoms with E-state index < -0.39 is 23.7 Å². The predicted molar refractivity (Wildman–Crippen MR) is 62.6 cm³/mol. The summed E-state index contributed by atoms with van der Waals surface area (Å²) in [5.41, 5.74) is -1.32. The van der Waals surface area contributed by atoms with E-state index >= 15 is 0 Å². The van der Waals surface area contributed by atoms with Crippen molar-refractivity contribution in [3.05, 3.63) is 26.6 Å². The molecule has 0 spiro atoms. The fraction of sp³-hybridized carbons (Fsp3) is 0.300. The third-order valence-corrected chi connectivity index (χ3v) is 2.38. The zero-order valence-electron chi connectivity index (χ0n) is 8.71. The van der Waals surface area contributed by atoms with Gasteiger partial charge in [-0.25, -0.2) is 18.6 Å². The monoisotopic (exact) mass is 352 g/mol. The minimum atomic E-state index is -2.93. The van der Waals surface area contributed by atoms with E-state index in [1.807, 2.05) is 0 Å². The molecule has 0 N–H and O–H groups in total. The van der Waals surface area contributed by atoms with Gasteiger partial charge in [-0.05, 0) is 35.6 Å². The smallest absolute Gasteiger partial charge is 0.341 e. The Kier molecular flexibility index (Phi) is 4.74. The molecule has 0 saturated heterocycles. The van der Waals surface area contributed by atoms with Gasteiger partial charge in [-0.15, -0.1) is 0 Å². The van der Waals surface area contributed by atoms with Gasteiger partial charge in [-0.1, -0.05) is 0 Å². The second-order valence-corrected chi connectivity index (χ2v) is 3.99. The molecule has 1 aromatic rings. The van der Waals surface area contributed by atoms with Crippen molar-refractivity contribution in [3.8, 4) is 6.07 Å². The molecule has 1 rings (SSSR count). The van der Waals surface area contributed by atoms with Gasteiger partial charge < -0.3 is 4.74 Å². The van der Waals surface area contributed by atoms with Crippen LogP contribution in [0, 0.1) is 15.0 Å². The largest absolute Gasteiger partial charge is 0.462 e. The number of hydrogen-bond acceptors (Lipinski definition) is 4. The van der Waals surface area contributed by atoms with Crippen molar-refractivity contribution in [2.75, 3.05) is 6.61 Å². The molecule has 0 aliphatic rings. The summed E-state index contributed by atoms with van der Waals surface area (Å²) in [7, 11) is 0. The first-order valence-corrected chi connectivity index (χ1v) is 5.65. The molecule has 0 atom stereocenters. The summed E-state index contributed by atoms with van der Waals surface area (Å²) in [5.74, 6) is -0.955. The summed E-state index contributed by atoms with van der Waals surface area (Å²) in [6.07, 6.45) is -2.93. The lowest BCUT2D eigenvalue weighted by Crippen LogP contribution is -2.13. The van der Waals surface area contributed by atoms with Crippen LogP contribution in [0.2, 0.25) is 0 Å². The number of carbonyl (C=O) groups is 1. The van der Waals surface area contributed by atoms with Crippen LogP contribution < -0.4 is 0 Å². The van der Waals surface area contributed by atoms with Gasteiger partial charge >= 0.3 is 5.97 Å². The molecule has 0 bridgehead atoms. The maximum atomic E-state index is 12.7. The average molecular weight is 352 g/mol. The summed E-state index contributed by atoms with van der Waals surface area (Å²) < 4.78 is 30.3. The molecule has 1 heterocycles. The van der Waals surface area contributed by atoms with Crippen molar-refractivity contribution in [2.24, 2.45) is 0 Å². The van der Waals surface area contributed by atoms with Crippen LogP contribution in [0.3, 0.4) is 0 Å². The first-order valence-electron chi connectivity index (χ1n) is 4.57. The molecular formula is C10H7F2IN2O2. The fourth-order valence-electron chi connectivity index (χ4n) is 1.20. The van der Waals surface area contributed by atoms with Crippen LogP contribution in [-0.4, -0.2) is 17.6 Å². The molecule has 0 unspecified atom stereocenters. The molecule has 0 saturated carbocycles. The number of hydrogen-bond donors (Lipinski definition) is 0. The number of alkyl halides is 2.